The van der Waals surface area contributed by atoms with E-state index in [4.69, 9.17) is 34.8 Å². The van der Waals surface area contributed by atoms with Crippen LogP contribution in [0.4, 0.5) is 0 Å². The van der Waals surface area contributed by atoms with Gasteiger partial charge in [-0.25, -0.2) is 4.98 Å². The first-order chi connectivity index (χ1) is 4.61. The zero-order valence-corrected chi connectivity index (χ0v) is 8.96. The van der Waals surface area contributed by atoms with Crippen LogP contribution in [-0.4, -0.2) is 4.98 Å². The highest BCUT2D eigenvalue weighted by molar-refractivity contribution is 14.1. The smallest absolute Gasteiger partial charge is 0.150 e. The molecule has 0 saturated carbocycles. The molecule has 0 spiro atoms. The number of hydrogen-bond acceptors (Lipinski definition) is 1. The van der Waals surface area contributed by atoms with Crippen molar-refractivity contribution in [3.8, 4) is 0 Å². The summed E-state index contributed by atoms with van der Waals surface area (Å²) in [6, 6.07) is 1.65. The van der Waals surface area contributed by atoms with Gasteiger partial charge in [0.15, 0.2) is 0 Å². The molecular formula is C5HCl3IN. The van der Waals surface area contributed by atoms with E-state index in [1.807, 2.05) is 22.6 Å². The van der Waals surface area contributed by atoms with E-state index in [1.54, 1.807) is 6.07 Å². The summed E-state index contributed by atoms with van der Waals surface area (Å²) in [7, 11) is 0. The van der Waals surface area contributed by atoms with E-state index in [-0.39, 0.29) is 5.15 Å². The maximum Gasteiger partial charge on any atom is 0.150 e. The summed E-state index contributed by atoms with van der Waals surface area (Å²) in [6.07, 6.45) is 0. The van der Waals surface area contributed by atoms with Crippen LogP contribution in [0.25, 0.3) is 0 Å². The molecule has 0 aliphatic rings. The second-order valence-corrected chi connectivity index (χ2v) is 3.82. The molecule has 0 fully saturated rings. The Morgan fingerprint density at radius 2 is 1.90 bits per heavy atom. The second kappa shape index (κ2) is 3.43. The van der Waals surface area contributed by atoms with Gasteiger partial charge in [0, 0.05) is 3.57 Å². The molecule has 1 nitrogen and oxygen atoms in total. The fourth-order valence-corrected chi connectivity index (χ4v) is 1.86. The minimum absolute atomic E-state index is 0.249. The van der Waals surface area contributed by atoms with Gasteiger partial charge in [-0.1, -0.05) is 34.8 Å². The molecule has 0 saturated heterocycles. The van der Waals surface area contributed by atoms with Crippen molar-refractivity contribution in [2.75, 3.05) is 0 Å². The van der Waals surface area contributed by atoms with Crippen molar-refractivity contribution in [2.45, 2.75) is 0 Å². The number of nitrogens with zero attached hydrogens (tertiary/aromatic N) is 1. The highest BCUT2D eigenvalue weighted by Gasteiger charge is 2.04. The van der Waals surface area contributed by atoms with E-state index in [0.29, 0.717) is 10.2 Å². The van der Waals surface area contributed by atoms with Crippen molar-refractivity contribution in [2.24, 2.45) is 0 Å². The lowest BCUT2D eigenvalue weighted by molar-refractivity contribution is 1.31. The van der Waals surface area contributed by atoms with Crippen LogP contribution in [0.3, 0.4) is 0 Å². The maximum absolute atomic E-state index is 5.69. The molecule has 0 radical (unpaired) electrons. The van der Waals surface area contributed by atoms with Crippen molar-refractivity contribution in [1.82, 2.24) is 4.98 Å². The fraction of sp³-hybridized carbons (Fsp3) is 0. The van der Waals surface area contributed by atoms with Crippen molar-refractivity contribution in [1.29, 1.82) is 0 Å². The number of pyridine rings is 1. The van der Waals surface area contributed by atoms with E-state index >= 15 is 0 Å². The quantitative estimate of drug-likeness (QED) is 0.527. The zero-order valence-electron chi connectivity index (χ0n) is 4.54. The van der Waals surface area contributed by atoms with Crippen molar-refractivity contribution < 1.29 is 0 Å². The summed E-state index contributed by atoms with van der Waals surface area (Å²) in [5, 5.41) is 1.06. The van der Waals surface area contributed by atoms with E-state index in [0.717, 1.165) is 3.57 Å². The van der Waals surface area contributed by atoms with Gasteiger partial charge in [0.2, 0.25) is 0 Å². The molecule has 0 aliphatic carbocycles. The molecule has 10 heavy (non-hydrogen) atoms. The lowest BCUT2D eigenvalue weighted by Gasteiger charge is -1.97. The molecule has 0 bridgehead atoms. The standard InChI is InChI=1S/C5HCl3IN/c6-3-1-2(9)4(7)5(8)10-3/h1H. The van der Waals surface area contributed by atoms with Crippen molar-refractivity contribution >= 4 is 57.4 Å². The van der Waals surface area contributed by atoms with Gasteiger partial charge in [-0.3, -0.25) is 0 Å². The van der Waals surface area contributed by atoms with Gasteiger partial charge < -0.3 is 0 Å². The molecule has 0 atom stereocenters. The topological polar surface area (TPSA) is 12.9 Å². The van der Waals surface area contributed by atoms with Gasteiger partial charge in [0.25, 0.3) is 0 Å². The van der Waals surface area contributed by atoms with Crippen molar-refractivity contribution in [3.05, 3.63) is 25.0 Å². The van der Waals surface area contributed by atoms with E-state index < -0.39 is 0 Å². The average Bonchev–Trinajstić information content (AvgIpc) is 1.82. The molecule has 0 aliphatic heterocycles. The summed E-state index contributed by atoms with van der Waals surface area (Å²) in [6.45, 7) is 0. The van der Waals surface area contributed by atoms with E-state index in [2.05, 4.69) is 4.98 Å². The third-order valence-corrected chi connectivity index (χ3v) is 2.96. The first-order valence-electron chi connectivity index (χ1n) is 2.28. The van der Waals surface area contributed by atoms with Gasteiger partial charge in [-0.05, 0) is 28.7 Å². The van der Waals surface area contributed by atoms with Gasteiger partial charge in [0.1, 0.15) is 10.3 Å². The normalized spacial score (nSPS) is 10.0. The van der Waals surface area contributed by atoms with Crippen LogP contribution >= 0.6 is 57.4 Å². The second-order valence-electron chi connectivity index (χ2n) is 1.53. The Kier molecular flexibility index (Phi) is 3.03. The van der Waals surface area contributed by atoms with Gasteiger partial charge in [0.05, 0.1) is 5.02 Å². The first kappa shape index (κ1) is 8.84. The average molecular weight is 308 g/mol. The maximum atomic E-state index is 5.69. The predicted molar refractivity (Wildman–Crippen MR) is 52.0 cm³/mol. The predicted octanol–water partition coefficient (Wildman–Crippen LogP) is 3.65. The van der Waals surface area contributed by atoms with Crippen LogP contribution < -0.4 is 0 Å². The van der Waals surface area contributed by atoms with Gasteiger partial charge in [-0.15, -0.1) is 0 Å². The minimum Gasteiger partial charge on any atom is -0.223 e. The largest absolute Gasteiger partial charge is 0.223 e. The Labute approximate surface area is 86.8 Å². The van der Waals surface area contributed by atoms with E-state index in [9.17, 15) is 0 Å². The summed E-state index contributed by atoms with van der Waals surface area (Å²) in [4.78, 5) is 3.73. The minimum atomic E-state index is 0.249. The van der Waals surface area contributed by atoms with Crippen LogP contribution in [0.1, 0.15) is 0 Å². The van der Waals surface area contributed by atoms with Crippen LogP contribution in [-0.2, 0) is 0 Å². The lowest BCUT2D eigenvalue weighted by atomic mass is 10.5. The molecular weight excluding hydrogens is 307 g/mol. The van der Waals surface area contributed by atoms with Gasteiger partial charge >= 0.3 is 0 Å². The third-order valence-electron chi connectivity index (χ3n) is 0.842. The molecule has 1 aromatic rings. The van der Waals surface area contributed by atoms with Crippen molar-refractivity contribution in [3.63, 3.8) is 0 Å². The van der Waals surface area contributed by atoms with Gasteiger partial charge in [-0.2, -0.15) is 0 Å². The Morgan fingerprint density at radius 3 is 2.40 bits per heavy atom. The summed E-state index contributed by atoms with van der Waals surface area (Å²) in [5.41, 5.74) is 0. The molecule has 1 rings (SSSR count). The van der Waals surface area contributed by atoms with Crippen LogP contribution in [0.2, 0.25) is 15.3 Å². The van der Waals surface area contributed by atoms with Crippen LogP contribution in [0, 0.1) is 3.57 Å². The lowest BCUT2D eigenvalue weighted by Crippen LogP contribution is -1.81. The summed E-state index contributed by atoms with van der Waals surface area (Å²) in [5.74, 6) is 0. The molecule has 54 valence electrons. The Bertz CT molecular complexity index is 240. The molecule has 1 aromatic heterocycles. The highest BCUT2D eigenvalue weighted by Crippen LogP contribution is 2.27. The number of aromatic nitrogens is 1. The summed E-state index contributed by atoms with van der Waals surface area (Å²) >= 11 is 18.9. The summed E-state index contributed by atoms with van der Waals surface area (Å²) < 4.78 is 0.810. The molecule has 0 amide bonds. The first-order valence-corrected chi connectivity index (χ1v) is 4.49. The SMILES string of the molecule is Clc1cc(I)c(Cl)c(Cl)n1. The Morgan fingerprint density at radius 1 is 1.30 bits per heavy atom. The zero-order chi connectivity index (χ0) is 7.72. The van der Waals surface area contributed by atoms with Crippen LogP contribution in [0.5, 0.6) is 0 Å². The number of halogens is 4. The number of rotatable bonds is 0. The molecule has 0 N–H and O–H groups in total. The Hall–Kier alpha value is 0.750. The molecule has 0 aromatic carbocycles. The Balaban J connectivity index is 3.31. The fourth-order valence-electron chi connectivity index (χ4n) is 0.442. The van der Waals surface area contributed by atoms with E-state index in [1.165, 1.54) is 0 Å². The molecule has 0 unspecified atom stereocenters. The number of hydrogen-bond donors (Lipinski definition) is 0. The third kappa shape index (κ3) is 1.87. The monoisotopic (exact) mass is 307 g/mol. The van der Waals surface area contributed by atoms with Crippen LogP contribution in [0.15, 0.2) is 6.07 Å². The highest BCUT2D eigenvalue weighted by atomic mass is 127. The molecule has 5 heteroatoms. The molecule has 1 heterocycles.